The molecule has 1 fully saturated rings. The highest BCUT2D eigenvalue weighted by Crippen LogP contribution is 2.17. The van der Waals surface area contributed by atoms with Crippen LogP contribution in [0.4, 0.5) is 5.82 Å². The van der Waals surface area contributed by atoms with Gasteiger partial charge >= 0.3 is 5.97 Å². The number of nitrogens with zero attached hydrogens (tertiary/aromatic N) is 3. The molecule has 1 aromatic heterocycles. The zero-order valence-corrected chi connectivity index (χ0v) is 14.8. The van der Waals surface area contributed by atoms with Gasteiger partial charge in [0.05, 0.1) is 12.2 Å². The van der Waals surface area contributed by atoms with Gasteiger partial charge in [0.15, 0.2) is 0 Å². The lowest BCUT2D eigenvalue weighted by molar-refractivity contribution is -0.136. The fourth-order valence-electron chi connectivity index (χ4n) is 2.96. The van der Waals surface area contributed by atoms with Crippen LogP contribution in [-0.4, -0.2) is 54.5 Å². The van der Waals surface area contributed by atoms with Crippen molar-refractivity contribution in [2.45, 2.75) is 33.6 Å². The molecule has 0 atom stereocenters. The molecule has 1 aromatic rings. The molecule has 1 aliphatic heterocycles. The minimum Gasteiger partial charge on any atom is -0.462 e. The highest BCUT2D eigenvalue weighted by atomic mass is 16.5. The summed E-state index contributed by atoms with van der Waals surface area (Å²) in [6, 6.07) is 3.58. The molecule has 0 N–H and O–H groups in total. The van der Waals surface area contributed by atoms with Gasteiger partial charge in [-0.3, -0.25) is 4.79 Å². The second-order valence-corrected chi connectivity index (χ2v) is 5.95. The van der Waals surface area contributed by atoms with Crippen LogP contribution in [0.2, 0.25) is 0 Å². The number of piperazine rings is 1. The number of ether oxygens (including phenoxy) is 1. The van der Waals surface area contributed by atoms with Gasteiger partial charge in [-0.15, -0.1) is 0 Å². The van der Waals surface area contributed by atoms with Crippen LogP contribution in [0, 0.1) is 5.92 Å². The third-order valence-electron chi connectivity index (χ3n) is 4.51. The van der Waals surface area contributed by atoms with E-state index in [-0.39, 0.29) is 17.8 Å². The molecular weight excluding hydrogens is 306 g/mol. The molecule has 0 radical (unpaired) electrons. The van der Waals surface area contributed by atoms with Crippen LogP contribution in [0.3, 0.4) is 0 Å². The summed E-state index contributed by atoms with van der Waals surface area (Å²) in [6.45, 7) is 9.23. The van der Waals surface area contributed by atoms with Crippen LogP contribution in [-0.2, 0) is 9.53 Å². The van der Waals surface area contributed by atoms with E-state index in [1.165, 1.54) is 0 Å². The fraction of sp³-hybridized carbons (Fsp3) is 0.611. The molecule has 0 aliphatic carbocycles. The van der Waals surface area contributed by atoms with Crippen molar-refractivity contribution in [3.05, 3.63) is 23.9 Å². The van der Waals surface area contributed by atoms with E-state index in [0.29, 0.717) is 12.2 Å². The number of aromatic nitrogens is 1. The van der Waals surface area contributed by atoms with E-state index in [1.807, 2.05) is 11.0 Å². The predicted molar refractivity (Wildman–Crippen MR) is 93.1 cm³/mol. The Morgan fingerprint density at radius 3 is 2.29 bits per heavy atom. The average Bonchev–Trinajstić information content (AvgIpc) is 2.63. The van der Waals surface area contributed by atoms with E-state index in [0.717, 1.165) is 44.8 Å². The minimum atomic E-state index is -0.350. The van der Waals surface area contributed by atoms with Gasteiger partial charge in [-0.05, 0) is 31.9 Å². The van der Waals surface area contributed by atoms with Crippen LogP contribution in [0.5, 0.6) is 0 Å². The second kappa shape index (κ2) is 8.66. The zero-order valence-electron chi connectivity index (χ0n) is 14.8. The highest BCUT2D eigenvalue weighted by molar-refractivity contribution is 5.89. The van der Waals surface area contributed by atoms with Crippen molar-refractivity contribution in [2.24, 2.45) is 5.92 Å². The van der Waals surface area contributed by atoms with Gasteiger partial charge in [-0.25, -0.2) is 9.78 Å². The maximum Gasteiger partial charge on any atom is 0.339 e. The van der Waals surface area contributed by atoms with Gasteiger partial charge in [-0.1, -0.05) is 13.8 Å². The first-order valence-corrected chi connectivity index (χ1v) is 8.77. The third-order valence-corrected chi connectivity index (χ3v) is 4.51. The van der Waals surface area contributed by atoms with Crippen molar-refractivity contribution in [1.82, 2.24) is 9.88 Å². The molecule has 0 saturated carbocycles. The maximum absolute atomic E-state index is 12.4. The fourth-order valence-corrected chi connectivity index (χ4v) is 2.96. The summed E-state index contributed by atoms with van der Waals surface area (Å²) in [5, 5.41) is 0. The second-order valence-electron chi connectivity index (χ2n) is 5.95. The van der Waals surface area contributed by atoms with E-state index < -0.39 is 0 Å². The smallest absolute Gasteiger partial charge is 0.339 e. The number of hydrogen-bond donors (Lipinski definition) is 0. The van der Waals surface area contributed by atoms with E-state index >= 15 is 0 Å². The van der Waals surface area contributed by atoms with Crippen molar-refractivity contribution in [2.75, 3.05) is 37.7 Å². The van der Waals surface area contributed by atoms with E-state index in [4.69, 9.17) is 4.74 Å². The normalized spacial score (nSPS) is 14.8. The van der Waals surface area contributed by atoms with Crippen LogP contribution in [0.1, 0.15) is 44.0 Å². The zero-order chi connectivity index (χ0) is 17.5. The van der Waals surface area contributed by atoms with E-state index in [2.05, 4.69) is 23.7 Å². The Morgan fingerprint density at radius 1 is 1.12 bits per heavy atom. The molecule has 6 heteroatoms. The Kier molecular flexibility index (Phi) is 6.58. The van der Waals surface area contributed by atoms with Crippen molar-refractivity contribution < 1.29 is 14.3 Å². The maximum atomic E-state index is 12.4. The first-order valence-electron chi connectivity index (χ1n) is 8.77. The number of hydrogen-bond acceptors (Lipinski definition) is 5. The van der Waals surface area contributed by atoms with Gasteiger partial charge in [0, 0.05) is 38.3 Å². The van der Waals surface area contributed by atoms with Gasteiger partial charge in [0.2, 0.25) is 5.91 Å². The van der Waals surface area contributed by atoms with Crippen molar-refractivity contribution in [1.29, 1.82) is 0 Å². The van der Waals surface area contributed by atoms with Crippen molar-refractivity contribution in [3.8, 4) is 0 Å². The lowest BCUT2D eigenvalue weighted by Crippen LogP contribution is -2.50. The van der Waals surface area contributed by atoms with Crippen LogP contribution < -0.4 is 4.90 Å². The number of carbonyl (C=O) groups excluding carboxylic acids is 2. The Labute approximate surface area is 143 Å². The Hall–Kier alpha value is -2.11. The quantitative estimate of drug-likeness (QED) is 0.748. The topological polar surface area (TPSA) is 62.7 Å². The van der Waals surface area contributed by atoms with Crippen LogP contribution in [0.25, 0.3) is 0 Å². The lowest BCUT2D eigenvalue weighted by atomic mass is 10.0. The molecule has 0 spiro atoms. The van der Waals surface area contributed by atoms with Crippen molar-refractivity contribution in [3.63, 3.8) is 0 Å². The summed E-state index contributed by atoms with van der Waals surface area (Å²) in [7, 11) is 0. The first kappa shape index (κ1) is 18.2. The molecule has 0 unspecified atom stereocenters. The van der Waals surface area contributed by atoms with Gasteiger partial charge in [-0.2, -0.15) is 0 Å². The molecule has 132 valence electrons. The van der Waals surface area contributed by atoms with Gasteiger partial charge in [0.25, 0.3) is 0 Å². The Morgan fingerprint density at radius 2 is 1.79 bits per heavy atom. The molecule has 2 heterocycles. The van der Waals surface area contributed by atoms with Crippen LogP contribution >= 0.6 is 0 Å². The molecule has 0 bridgehead atoms. The molecule has 6 nitrogen and oxygen atoms in total. The average molecular weight is 333 g/mol. The number of rotatable bonds is 6. The Balaban J connectivity index is 1.92. The molecule has 1 aliphatic rings. The minimum absolute atomic E-state index is 0.138. The summed E-state index contributed by atoms with van der Waals surface area (Å²) < 4.78 is 4.96. The molecule has 1 saturated heterocycles. The van der Waals surface area contributed by atoms with Gasteiger partial charge in [0.1, 0.15) is 5.82 Å². The summed E-state index contributed by atoms with van der Waals surface area (Å²) in [5.74, 6) is 0.888. The lowest BCUT2D eigenvalue weighted by Gasteiger charge is -2.36. The molecule has 1 amide bonds. The van der Waals surface area contributed by atoms with Gasteiger partial charge < -0.3 is 14.5 Å². The highest BCUT2D eigenvalue weighted by Gasteiger charge is 2.25. The molecular formula is C18H27N3O3. The largest absolute Gasteiger partial charge is 0.462 e. The monoisotopic (exact) mass is 333 g/mol. The standard InChI is InChI=1S/C18H27N3O3/c1-4-14(5-2)17(22)21-11-9-20(10-12-21)16-8-7-15(13-19-16)18(23)24-6-3/h7-8,13-14H,4-6,9-12H2,1-3H3. The number of anilines is 1. The molecule has 24 heavy (non-hydrogen) atoms. The van der Waals surface area contributed by atoms with E-state index in [9.17, 15) is 9.59 Å². The molecule has 0 aromatic carbocycles. The summed E-state index contributed by atoms with van der Waals surface area (Å²) in [5.41, 5.74) is 0.461. The summed E-state index contributed by atoms with van der Waals surface area (Å²) in [6.07, 6.45) is 3.34. The Bertz CT molecular complexity index is 547. The predicted octanol–water partition coefficient (Wildman–Crippen LogP) is 2.34. The first-order chi connectivity index (χ1) is 11.6. The molecule has 2 rings (SSSR count). The summed E-state index contributed by atoms with van der Waals surface area (Å²) >= 11 is 0. The number of esters is 1. The number of carbonyl (C=O) groups is 2. The third kappa shape index (κ3) is 4.24. The van der Waals surface area contributed by atoms with E-state index in [1.54, 1.807) is 19.2 Å². The summed E-state index contributed by atoms with van der Waals surface area (Å²) in [4.78, 5) is 32.5. The number of amides is 1. The number of pyridine rings is 1. The van der Waals surface area contributed by atoms with Crippen LogP contribution in [0.15, 0.2) is 18.3 Å². The SMILES string of the molecule is CCOC(=O)c1ccc(N2CCN(C(=O)C(CC)CC)CC2)nc1. The van der Waals surface area contributed by atoms with Crippen molar-refractivity contribution >= 4 is 17.7 Å².